The topological polar surface area (TPSA) is 123 Å². The van der Waals surface area contributed by atoms with Crippen LogP contribution < -0.4 is 22.9 Å². The second-order valence-electron chi connectivity index (χ2n) is 6.65. The minimum Gasteiger partial charge on any atom is -0.377 e. The summed E-state index contributed by atoms with van der Waals surface area (Å²) >= 11 is 0. The zero-order valence-electron chi connectivity index (χ0n) is 13.0. The Labute approximate surface area is 127 Å². The zero-order valence-corrected chi connectivity index (χ0v) is 13.0. The van der Waals surface area contributed by atoms with Crippen molar-refractivity contribution in [3.8, 4) is 0 Å². The van der Waals surface area contributed by atoms with Crippen LogP contribution in [0.25, 0.3) is 0 Å². The molecule has 2 aliphatic rings. The molecule has 124 valence electrons. The summed E-state index contributed by atoms with van der Waals surface area (Å²) in [5.74, 6) is 0. The van der Waals surface area contributed by atoms with Gasteiger partial charge >= 0.3 is 0 Å². The van der Waals surface area contributed by atoms with Crippen molar-refractivity contribution >= 4 is 0 Å². The van der Waals surface area contributed by atoms with Gasteiger partial charge in [-0.15, -0.1) is 0 Å². The van der Waals surface area contributed by atoms with Crippen LogP contribution >= 0.6 is 0 Å². The van der Waals surface area contributed by atoms with E-state index in [1.54, 1.807) is 0 Å². The van der Waals surface area contributed by atoms with Crippen LogP contribution in [0.15, 0.2) is 0 Å². The van der Waals surface area contributed by atoms with Gasteiger partial charge in [-0.1, -0.05) is 0 Å². The van der Waals surface area contributed by atoms with Crippen molar-refractivity contribution in [2.45, 2.75) is 81.3 Å². The van der Waals surface area contributed by atoms with Gasteiger partial charge in [-0.25, -0.2) is 0 Å². The maximum atomic E-state index is 6.07. The van der Waals surface area contributed by atoms with Crippen molar-refractivity contribution in [1.82, 2.24) is 0 Å². The Morgan fingerprint density at radius 3 is 1.48 bits per heavy atom. The van der Waals surface area contributed by atoms with E-state index in [0.29, 0.717) is 13.2 Å². The van der Waals surface area contributed by atoms with Gasteiger partial charge in [0.25, 0.3) is 0 Å². The van der Waals surface area contributed by atoms with E-state index in [1.165, 1.54) is 0 Å². The number of hydrogen-bond acceptors (Lipinski definition) is 6. The Balaban J connectivity index is 1.54. The first kappa shape index (κ1) is 17.1. The van der Waals surface area contributed by atoms with E-state index in [9.17, 15) is 0 Å². The molecule has 0 amide bonds. The van der Waals surface area contributed by atoms with Crippen molar-refractivity contribution < 1.29 is 9.47 Å². The van der Waals surface area contributed by atoms with Crippen molar-refractivity contribution in [3.05, 3.63) is 0 Å². The monoisotopic (exact) mass is 300 g/mol. The number of ether oxygens (including phenoxy) is 2. The van der Waals surface area contributed by atoms with Crippen LogP contribution in [0.3, 0.4) is 0 Å². The number of nitrogens with two attached hydrogens (primary N) is 4. The largest absolute Gasteiger partial charge is 0.377 e. The van der Waals surface area contributed by atoms with E-state index in [0.717, 1.165) is 44.9 Å². The van der Waals surface area contributed by atoms with Crippen LogP contribution in [0, 0.1) is 0 Å². The second-order valence-corrected chi connectivity index (χ2v) is 6.65. The molecule has 6 unspecified atom stereocenters. The van der Waals surface area contributed by atoms with Crippen molar-refractivity contribution in [2.24, 2.45) is 22.9 Å². The summed E-state index contributed by atoms with van der Waals surface area (Å²) in [7, 11) is 0. The Morgan fingerprint density at radius 2 is 1.10 bits per heavy atom. The molecule has 0 bridgehead atoms. The molecule has 6 atom stereocenters. The highest BCUT2D eigenvalue weighted by Gasteiger charge is 2.27. The maximum Gasteiger partial charge on any atom is 0.0727 e. The fourth-order valence-corrected chi connectivity index (χ4v) is 3.37. The molecule has 0 aromatic rings. The van der Waals surface area contributed by atoms with E-state index < -0.39 is 0 Å². The van der Waals surface area contributed by atoms with Gasteiger partial charge in [0.05, 0.1) is 12.2 Å². The average Bonchev–Trinajstić information content (AvgIpc) is 2.42. The Bertz CT molecular complexity index is 277. The SMILES string of the molecule is NC1CCC(OCCCOC2CCC(N)CC2N)C(N)C1. The normalized spacial score (nSPS) is 41.1. The minimum absolute atomic E-state index is 0.0722. The fraction of sp³-hybridized carbons (Fsp3) is 1.00. The van der Waals surface area contributed by atoms with Gasteiger partial charge in [-0.2, -0.15) is 0 Å². The summed E-state index contributed by atoms with van der Waals surface area (Å²) in [6.45, 7) is 1.38. The first-order valence-corrected chi connectivity index (χ1v) is 8.31. The first-order valence-electron chi connectivity index (χ1n) is 8.31. The molecule has 0 spiro atoms. The van der Waals surface area contributed by atoms with E-state index in [-0.39, 0.29) is 36.4 Å². The van der Waals surface area contributed by atoms with Crippen molar-refractivity contribution in [3.63, 3.8) is 0 Å². The van der Waals surface area contributed by atoms with Gasteiger partial charge in [-0.05, 0) is 44.9 Å². The lowest BCUT2D eigenvalue weighted by molar-refractivity contribution is -0.0227. The molecule has 2 aliphatic carbocycles. The van der Waals surface area contributed by atoms with Crippen LogP contribution in [0.1, 0.15) is 44.9 Å². The summed E-state index contributed by atoms with van der Waals surface area (Å²) in [6, 6.07) is 0.621. The Hall–Kier alpha value is -0.240. The summed E-state index contributed by atoms with van der Waals surface area (Å²) in [6.07, 6.45) is 6.85. The summed E-state index contributed by atoms with van der Waals surface area (Å²) in [5.41, 5.74) is 23.9. The molecule has 0 radical (unpaired) electrons. The number of rotatable bonds is 6. The Morgan fingerprint density at radius 1 is 0.667 bits per heavy atom. The second kappa shape index (κ2) is 8.41. The van der Waals surface area contributed by atoms with Crippen LogP contribution in [-0.2, 0) is 9.47 Å². The summed E-state index contributed by atoms with van der Waals surface area (Å²) in [5, 5.41) is 0. The molecule has 0 saturated heterocycles. The lowest BCUT2D eigenvalue weighted by Crippen LogP contribution is -2.47. The third kappa shape index (κ3) is 5.47. The predicted molar refractivity (Wildman–Crippen MR) is 83.7 cm³/mol. The highest BCUT2D eigenvalue weighted by Crippen LogP contribution is 2.20. The molecule has 2 rings (SSSR count). The minimum atomic E-state index is 0.0722. The van der Waals surface area contributed by atoms with Gasteiger partial charge in [-0.3, -0.25) is 0 Å². The molecule has 21 heavy (non-hydrogen) atoms. The number of hydrogen-bond donors (Lipinski definition) is 4. The summed E-state index contributed by atoms with van der Waals surface area (Å²) < 4.78 is 11.7. The molecule has 2 saturated carbocycles. The van der Waals surface area contributed by atoms with Gasteiger partial charge in [0.15, 0.2) is 0 Å². The lowest BCUT2D eigenvalue weighted by Gasteiger charge is -2.33. The molecule has 0 heterocycles. The smallest absolute Gasteiger partial charge is 0.0727 e. The van der Waals surface area contributed by atoms with Crippen LogP contribution in [-0.4, -0.2) is 49.6 Å². The van der Waals surface area contributed by atoms with E-state index in [2.05, 4.69) is 0 Å². The van der Waals surface area contributed by atoms with E-state index in [1.807, 2.05) is 0 Å². The van der Waals surface area contributed by atoms with Crippen LogP contribution in [0.5, 0.6) is 0 Å². The third-order valence-electron chi connectivity index (χ3n) is 4.70. The fourth-order valence-electron chi connectivity index (χ4n) is 3.37. The third-order valence-corrected chi connectivity index (χ3v) is 4.70. The molecule has 2 fully saturated rings. The van der Waals surface area contributed by atoms with Gasteiger partial charge in [0.2, 0.25) is 0 Å². The predicted octanol–water partition coefficient (Wildman–Crippen LogP) is -0.176. The molecule has 0 aromatic carbocycles. The van der Waals surface area contributed by atoms with Gasteiger partial charge < -0.3 is 32.4 Å². The molecule has 0 aromatic heterocycles. The molecular weight excluding hydrogens is 268 g/mol. The molecule has 8 N–H and O–H groups in total. The zero-order chi connectivity index (χ0) is 15.2. The van der Waals surface area contributed by atoms with Crippen molar-refractivity contribution in [1.29, 1.82) is 0 Å². The highest BCUT2D eigenvalue weighted by molar-refractivity contribution is 4.86. The first-order chi connectivity index (χ1) is 10.1. The molecule has 6 nitrogen and oxygen atoms in total. The molecular formula is C15H32N4O2. The maximum absolute atomic E-state index is 6.07. The lowest BCUT2D eigenvalue weighted by atomic mass is 9.89. The van der Waals surface area contributed by atoms with Crippen LogP contribution in [0.4, 0.5) is 0 Å². The standard InChI is InChI=1S/C15H32N4O2/c16-10-2-4-14(12(18)8-10)20-6-1-7-21-15-5-3-11(17)9-13(15)19/h10-15H,1-9,16-19H2. The average molecular weight is 300 g/mol. The quantitative estimate of drug-likeness (QED) is 0.505. The highest BCUT2D eigenvalue weighted by atomic mass is 16.5. The van der Waals surface area contributed by atoms with E-state index >= 15 is 0 Å². The Kier molecular flexibility index (Phi) is 6.85. The molecule has 0 aliphatic heterocycles. The van der Waals surface area contributed by atoms with Gasteiger partial charge in [0, 0.05) is 37.4 Å². The van der Waals surface area contributed by atoms with E-state index in [4.69, 9.17) is 32.4 Å². The van der Waals surface area contributed by atoms with Crippen LogP contribution in [0.2, 0.25) is 0 Å². The van der Waals surface area contributed by atoms with Crippen molar-refractivity contribution in [2.75, 3.05) is 13.2 Å². The molecule has 6 heteroatoms. The van der Waals surface area contributed by atoms with Gasteiger partial charge in [0.1, 0.15) is 0 Å². The summed E-state index contributed by atoms with van der Waals surface area (Å²) in [4.78, 5) is 0.